The number of rotatable bonds is 4. The zero-order valence-electron chi connectivity index (χ0n) is 14.2. The molecule has 142 valence electrons. The maximum Gasteiger partial charge on any atom is 0.417 e. The third-order valence-electron chi connectivity index (χ3n) is 3.86. The molecule has 0 saturated carbocycles. The molecule has 7 nitrogen and oxygen atoms in total. The van der Waals surface area contributed by atoms with E-state index in [1.807, 2.05) is 0 Å². The van der Waals surface area contributed by atoms with E-state index < -0.39 is 23.8 Å². The summed E-state index contributed by atoms with van der Waals surface area (Å²) in [5.41, 5.74) is -0.523. The molecule has 3 heterocycles. The summed E-state index contributed by atoms with van der Waals surface area (Å²) in [4.78, 5) is 33.6. The van der Waals surface area contributed by atoms with E-state index in [0.717, 1.165) is 12.1 Å². The highest BCUT2D eigenvalue weighted by molar-refractivity contribution is 6.10. The van der Waals surface area contributed by atoms with Crippen LogP contribution in [0.3, 0.4) is 0 Å². The largest absolute Gasteiger partial charge is 0.464 e. The van der Waals surface area contributed by atoms with Crippen LogP contribution in [0.4, 0.5) is 24.7 Å². The fourth-order valence-electron chi connectivity index (χ4n) is 2.55. The van der Waals surface area contributed by atoms with Gasteiger partial charge < -0.3 is 10.1 Å². The Kier molecular flexibility index (Phi) is 4.98. The summed E-state index contributed by atoms with van der Waals surface area (Å²) in [5, 5.41) is 2.62. The van der Waals surface area contributed by atoms with Crippen LogP contribution in [0.25, 0.3) is 0 Å². The number of fused-ring (bicyclic) bond motifs is 1. The number of pyridine rings is 2. The number of carbonyl (C=O) groups excluding carboxylic acids is 2. The highest BCUT2D eigenvalue weighted by Crippen LogP contribution is 2.30. The van der Waals surface area contributed by atoms with Gasteiger partial charge in [0.15, 0.2) is 11.9 Å². The number of carbonyl (C=O) groups is 2. The monoisotopic (exact) mass is 380 g/mol. The zero-order valence-corrected chi connectivity index (χ0v) is 14.2. The Morgan fingerprint density at radius 3 is 2.74 bits per heavy atom. The minimum atomic E-state index is -4.51. The van der Waals surface area contributed by atoms with Crippen LogP contribution in [0.5, 0.6) is 5.88 Å². The predicted molar refractivity (Wildman–Crippen MR) is 89.2 cm³/mol. The average molecular weight is 380 g/mol. The van der Waals surface area contributed by atoms with Crippen LogP contribution in [-0.2, 0) is 15.8 Å². The Bertz CT molecular complexity index is 855. The lowest BCUT2D eigenvalue weighted by Crippen LogP contribution is -2.48. The Morgan fingerprint density at radius 2 is 2.11 bits per heavy atom. The highest BCUT2D eigenvalue weighted by atomic mass is 19.4. The second-order valence-electron chi connectivity index (χ2n) is 5.74. The topological polar surface area (TPSA) is 84.4 Å². The zero-order chi connectivity index (χ0) is 19.6. The van der Waals surface area contributed by atoms with Gasteiger partial charge >= 0.3 is 6.18 Å². The van der Waals surface area contributed by atoms with Gasteiger partial charge in [0.1, 0.15) is 6.54 Å². The minimum absolute atomic E-state index is 0.120. The van der Waals surface area contributed by atoms with Crippen molar-refractivity contribution in [2.24, 2.45) is 0 Å². The van der Waals surface area contributed by atoms with Gasteiger partial charge in [-0.1, -0.05) is 6.92 Å². The van der Waals surface area contributed by atoms with Crippen molar-refractivity contribution in [2.45, 2.75) is 25.6 Å². The van der Waals surface area contributed by atoms with Crippen LogP contribution in [0.1, 0.15) is 18.9 Å². The first-order chi connectivity index (χ1) is 12.8. The molecule has 27 heavy (non-hydrogen) atoms. The second-order valence-corrected chi connectivity index (χ2v) is 5.74. The number of ether oxygens (including phenoxy) is 1. The SMILES string of the molecule is CCC(Oc1ccc(C(F)(F)F)cn1)C(=O)N1CC(=O)Nc2cccnc21. The van der Waals surface area contributed by atoms with Crippen LogP contribution < -0.4 is 15.0 Å². The first kappa shape index (κ1) is 18.6. The molecule has 0 fully saturated rings. The molecule has 0 aliphatic carbocycles. The number of hydrogen-bond donors (Lipinski definition) is 1. The van der Waals surface area contributed by atoms with Gasteiger partial charge in [-0.3, -0.25) is 14.5 Å². The Morgan fingerprint density at radius 1 is 1.33 bits per heavy atom. The molecule has 0 radical (unpaired) electrons. The van der Waals surface area contributed by atoms with Crippen LogP contribution in [-0.4, -0.2) is 34.4 Å². The van der Waals surface area contributed by atoms with Crippen LogP contribution in [0.2, 0.25) is 0 Å². The number of anilines is 2. The van der Waals surface area contributed by atoms with Crippen molar-refractivity contribution in [2.75, 3.05) is 16.8 Å². The van der Waals surface area contributed by atoms with Crippen LogP contribution >= 0.6 is 0 Å². The van der Waals surface area contributed by atoms with Gasteiger partial charge in [-0.15, -0.1) is 0 Å². The molecule has 1 atom stereocenters. The molecule has 3 rings (SSSR count). The van der Waals surface area contributed by atoms with Crippen molar-refractivity contribution >= 4 is 23.3 Å². The minimum Gasteiger partial charge on any atom is -0.464 e. The van der Waals surface area contributed by atoms with Gasteiger partial charge in [-0.25, -0.2) is 9.97 Å². The van der Waals surface area contributed by atoms with E-state index in [4.69, 9.17) is 4.74 Å². The van der Waals surface area contributed by atoms with E-state index >= 15 is 0 Å². The molecule has 2 aromatic heterocycles. The van der Waals surface area contributed by atoms with Crippen molar-refractivity contribution in [1.29, 1.82) is 0 Å². The summed E-state index contributed by atoms with van der Waals surface area (Å²) >= 11 is 0. The molecule has 1 aliphatic heterocycles. The predicted octanol–water partition coefficient (Wildman–Crippen LogP) is 2.64. The van der Waals surface area contributed by atoms with Crippen molar-refractivity contribution in [1.82, 2.24) is 9.97 Å². The fourth-order valence-corrected chi connectivity index (χ4v) is 2.55. The summed E-state index contributed by atoms with van der Waals surface area (Å²) in [6.45, 7) is 1.44. The summed E-state index contributed by atoms with van der Waals surface area (Å²) in [6, 6.07) is 5.10. The quantitative estimate of drug-likeness (QED) is 0.882. The Hall–Kier alpha value is -3.17. The van der Waals surface area contributed by atoms with E-state index in [2.05, 4.69) is 15.3 Å². The second kappa shape index (κ2) is 7.22. The average Bonchev–Trinajstić information content (AvgIpc) is 2.64. The summed E-state index contributed by atoms with van der Waals surface area (Å²) in [5.74, 6) is -0.754. The number of alkyl halides is 3. The maximum atomic E-state index is 12.8. The van der Waals surface area contributed by atoms with E-state index in [1.54, 1.807) is 19.1 Å². The van der Waals surface area contributed by atoms with Crippen molar-refractivity contribution in [3.8, 4) is 5.88 Å². The number of nitrogens with zero attached hydrogens (tertiary/aromatic N) is 3. The maximum absolute atomic E-state index is 12.8. The normalized spacial score (nSPS) is 15.0. The van der Waals surface area contributed by atoms with E-state index in [1.165, 1.54) is 11.1 Å². The Balaban J connectivity index is 1.80. The smallest absolute Gasteiger partial charge is 0.417 e. The van der Waals surface area contributed by atoms with Crippen molar-refractivity contribution in [3.63, 3.8) is 0 Å². The molecule has 10 heteroatoms. The number of aromatic nitrogens is 2. The molecule has 2 aromatic rings. The first-order valence-electron chi connectivity index (χ1n) is 8.05. The summed E-state index contributed by atoms with van der Waals surface area (Å²) in [7, 11) is 0. The third kappa shape index (κ3) is 3.99. The lowest BCUT2D eigenvalue weighted by Gasteiger charge is -2.30. The highest BCUT2D eigenvalue weighted by Gasteiger charge is 2.34. The van der Waals surface area contributed by atoms with Gasteiger partial charge in [-0.2, -0.15) is 13.2 Å². The Labute approximate surface area is 152 Å². The molecule has 0 saturated heterocycles. The molecule has 1 unspecified atom stereocenters. The molecule has 0 spiro atoms. The first-order valence-corrected chi connectivity index (χ1v) is 8.05. The molecule has 1 aliphatic rings. The molecular formula is C17H15F3N4O3. The standard InChI is InChI=1S/C17H15F3N4O3/c1-2-12(27-14-6-5-10(8-22-14)17(18,19)20)16(26)24-9-13(25)23-11-4-3-7-21-15(11)24/h3-8,12H,2,9H2,1H3,(H,23,25). The van der Waals surface area contributed by atoms with Crippen LogP contribution in [0, 0.1) is 0 Å². The van der Waals surface area contributed by atoms with E-state index in [0.29, 0.717) is 11.9 Å². The van der Waals surface area contributed by atoms with E-state index in [-0.39, 0.29) is 30.6 Å². The van der Waals surface area contributed by atoms with E-state index in [9.17, 15) is 22.8 Å². The molecule has 1 N–H and O–H groups in total. The third-order valence-corrected chi connectivity index (χ3v) is 3.86. The number of hydrogen-bond acceptors (Lipinski definition) is 5. The number of amides is 2. The number of halogens is 3. The van der Waals surface area contributed by atoms with Gasteiger partial charge in [-0.05, 0) is 24.6 Å². The van der Waals surface area contributed by atoms with Crippen molar-refractivity contribution < 1.29 is 27.5 Å². The number of nitrogens with one attached hydrogen (secondary N) is 1. The lowest BCUT2D eigenvalue weighted by molar-refractivity contribution is -0.138. The summed E-state index contributed by atoms with van der Waals surface area (Å²) in [6.07, 6.45) is -3.20. The van der Waals surface area contributed by atoms with Gasteiger partial charge in [0, 0.05) is 18.5 Å². The lowest BCUT2D eigenvalue weighted by atomic mass is 10.2. The van der Waals surface area contributed by atoms with Crippen molar-refractivity contribution in [3.05, 3.63) is 42.2 Å². The van der Waals surface area contributed by atoms with Gasteiger partial charge in [0.2, 0.25) is 11.8 Å². The fraction of sp³-hybridized carbons (Fsp3) is 0.294. The summed E-state index contributed by atoms with van der Waals surface area (Å²) < 4.78 is 43.3. The molecule has 0 aromatic carbocycles. The van der Waals surface area contributed by atoms with Gasteiger partial charge in [0.25, 0.3) is 5.91 Å². The molecule has 0 bridgehead atoms. The molecule has 2 amide bonds. The molecular weight excluding hydrogens is 365 g/mol. The van der Waals surface area contributed by atoms with Gasteiger partial charge in [0.05, 0.1) is 11.3 Å². The van der Waals surface area contributed by atoms with Crippen LogP contribution in [0.15, 0.2) is 36.7 Å².